The Morgan fingerprint density at radius 3 is 2.45 bits per heavy atom. The van der Waals surface area contributed by atoms with Gasteiger partial charge in [-0.15, -0.1) is 0 Å². The van der Waals surface area contributed by atoms with Crippen LogP contribution in [0.5, 0.6) is 0 Å². The average molecular weight is 531 g/mol. The maximum Gasteiger partial charge on any atom is 0.273 e. The highest BCUT2D eigenvalue weighted by Gasteiger charge is 2.38. The zero-order chi connectivity index (χ0) is 27.0. The van der Waals surface area contributed by atoms with Crippen LogP contribution in [-0.4, -0.2) is 33.1 Å². The molecule has 1 unspecified atom stereocenters. The minimum atomic E-state index is -1.01. The van der Waals surface area contributed by atoms with Crippen LogP contribution in [0.25, 0.3) is 10.9 Å². The Kier molecular flexibility index (Phi) is 6.90. The van der Waals surface area contributed by atoms with Gasteiger partial charge in [-0.2, -0.15) is 4.37 Å². The highest BCUT2D eigenvalue weighted by atomic mass is 32.1. The first-order valence-corrected chi connectivity index (χ1v) is 13.3. The minimum absolute atomic E-state index is 0.0429. The van der Waals surface area contributed by atoms with Crippen molar-refractivity contribution in [3.63, 3.8) is 0 Å². The van der Waals surface area contributed by atoms with Gasteiger partial charge in [-0.1, -0.05) is 37.1 Å². The van der Waals surface area contributed by atoms with Gasteiger partial charge in [0.15, 0.2) is 5.69 Å². The second kappa shape index (κ2) is 10.3. The number of aryl methyl sites for hydroxylation is 2. The van der Waals surface area contributed by atoms with Gasteiger partial charge in [0, 0.05) is 34.4 Å². The van der Waals surface area contributed by atoms with Crippen LogP contribution in [0.4, 0.5) is 11.4 Å². The second-order valence-electron chi connectivity index (χ2n) is 9.84. The lowest BCUT2D eigenvalue weighted by atomic mass is 10.00. The molecule has 196 valence electrons. The number of benzene rings is 2. The van der Waals surface area contributed by atoms with E-state index in [-0.39, 0.29) is 28.2 Å². The van der Waals surface area contributed by atoms with Crippen LogP contribution >= 0.6 is 11.5 Å². The first-order chi connectivity index (χ1) is 18.2. The SMILES string of the molecule is Cc1cc(C)cc(N(C(=O)c2snc(C(N)=O)c2N)C(C(=O)NC2CCCC2)c2c[nH]c3ccccc23)c1. The molecule has 4 aromatic rings. The molecule has 9 nitrogen and oxygen atoms in total. The van der Waals surface area contributed by atoms with E-state index in [4.69, 9.17) is 11.5 Å². The number of nitrogens with one attached hydrogen (secondary N) is 2. The summed E-state index contributed by atoms with van der Waals surface area (Å²) < 4.78 is 4.04. The maximum atomic E-state index is 14.3. The molecule has 1 fully saturated rings. The van der Waals surface area contributed by atoms with E-state index in [2.05, 4.69) is 14.7 Å². The van der Waals surface area contributed by atoms with Crippen molar-refractivity contribution in [2.75, 3.05) is 10.6 Å². The topological polar surface area (TPSA) is 147 Å². The summed E-state index contributed by atoms with van der Waals surface area (Å²) >= 11 is 0.800. The number of hydrogen-bond acceptors (Lipinski definition) is 6. The van der Waals surface area contributed by atoms with Crippen LogP contribution in [0.15, 0.2) is 48.7 Å². The third-order valence-corrected chi connectivity index (χ3v) is 7.83. The minimum Gasteiger partial charge on any atom is -0.395 e. The van der Waals surface area contributed by atoms with Crippen molar-refractivity contribution in [3.05, 3.63) is 75.9 Å². The normalized spacial score (nSPS) is 14.5. The van der Waals surface area contributed by atoms with Crippen molar-refractivity contribution in [2.45, 2.75) is 51.6 Å². The Balaban J connectivity index is 1.71. The maximum absolute atomic E-state index is 14.3. The fraction of sp³-hybridized carbons (Fsp3) is 0.286. The van der Waals surface area contributed by atoms with Crippen LogP contribution in [0.2, 0.25) is 0 Å². The molecular weight excluding hydrogens is 500 g/mol. The molecule has 38 heavy (non-hydrogen) atoms. The summed E-state index contributed by atoms with van der Waals surface area (Å²) in [5.74, 6) is -1.63. The average Bonchev–Trinajstić information content (AvgIpc) is 3.61. The fourth-order valence-corrected chi connectivity index (χ4v) is 6.02. The summed E-state index contributed by atoms with van der Waals surface area (Å²) in [4.78, 5) is 45.0. The van der Waals surface area contributed by atoms with Crippen molar-refractivity contribution < 1.29 is 14.4 Å². The van der Waals surface area contributed by atoms with E-state index in [1.165, 1.54) is 4.90 Å². The quantitative estimate of drug-likeness (QED) is 0.280. The predicted octanol–water partition coefficient (Wildman–Crippen LogP) is 4.37. The number of hydrogen-bond donors (Lipinski definition) is 4. The van der Waals surface area contributed by atoms with Crippen LogP contribution < -0.4 is 21.7 Å². The van der Waals surface area contributed by atoms with E-state index in [1.54, 1.807) is 6.20 Å². The Hall–Kier alpha value is -4.18. The number of aromatic amines is 1. The van der Waals surface area contributed by atoms with Crippen molar-refractivity contribution in [1.82, 2.24) is 14.7 Å². The molecule has 10 heteroatoms. The Labute approximate surface area is 224 Å². The number of fused-ring (bicyclic) bond motifs is 1. The monoisotopic (exact) mass is 530 g/mol. The van der Waals surface area contributed by atoms with E-state index >= 15 is 0 Å². The fourth-order valence-electron chi connectivity index (χ4n) is 5.28. The lowest BCUT2D eigenvalue weighted by Gasteiger charge is -2.32. The molecule has 2 heterocycles. The zero-order valence-electron chi connectivity index (χ0n) is 21.3. The van der Waals surface area contributed by atoms with Crippen LogP contribution in [0.1, 0.15) is 68.6 Å². The highest BCUT2D eigenvalue weighted by Crippen LogP contribution is 2.37. The van der Waals surface area contributed by atoms with E-state index in [0.29, 0.717) is 11.3 Å². The summed E-state index contributed by atoms with van der Waals surface area (Å²) in [6.45, 7) is 3.87. The molecule has 0 radical (unpaired) electrons. The Morgan fingerprint density at radius 1 is 1.11 bits per heavy atom. The van der Waals surface area contributed by atoms with Gasteiger partial charge in [0.1, 0.15) is 10.9 Å². The van der Waals surface area contributed by atoms with Gasteiger partial charge in [-0.3, -0.25) is 19.3 Å². The number of anilines is 2. The molecule has 6 N–H and O–H groups in total. The van der Waals surface area contributed by atoms with E-state index in [9.17, 15) is 14.4 Å². The van der Waals surface area contributed by atoms with Crippen LogP contribution in [0, 0.1) is 13.8 Å². The van der Waals surface area contributed by atoms with E-state index < -0.39 is 17.9 Å². The second-order valence-corrected chi connectivity index (χ2v) is 10.6. The highest BCUT2D eigenvalue weighted by molar-refractivity contribution is 7.09. The smallest absolute Gasteiger partial charge is 0.273 e. The number of nitrogens with zero attached hydrogens (tertiary/aromatic N) is 2. The van der Waals surface area contributed by atoms with Gasteiger partial charge in [0.05, 0.1) is 5.69 Å². The number of para-hydroxylation sites is 1. The number of carbonyl (C=O) groups excluding carboxylic acids is 3. The summed E-state index contributed by atoms with van der Waals surface area (Å²) in [6.07, 6.45) is 5.67. The number of carbonyl (C=O) groups is 3. The zero-order valence-corrected chi connectivity index (χ0v) is 22.1. The lowest BCUT2D eigenvalue weighted by molar-refractivity contribution is -0.123. The molecule has 5 rings (SSSR count). The van der Waals surface area contributed by atoms with Crippen molar-refractivity contribution in [3.8, 4) is 0 Å². The van der Waals surface area contributed by atoms with Gasteiger partial charge in [-0.25, -0.2) is 0 Å². The van der Waals surface area contributed by atoms with Gasteiger partial charge in [-0.05, 0) is 67.5 Å². The first kappa shape index (κ1) is 25.5. The van der Waals surface area contributed by atoms with Gasteiger partial charge >= 0.3 is 0 Å². The van der Waals surface area contributed by atoms with Crippen LogP contribution in [-0.2, 0) is 4.79 Å². The number of aromatic nitrogens is 2. The third kappa shape index (κ3) is 4.74. The number of H-pyrrole nitrogens is 1. The lowest BCUT2D eigenvalue weighted by Crippen LogP contribution is -2.46. The third-order valence-electron chi connectivity index (χ3n) is 6.98. The van der Waals surface area contributed by atoms with Gasteiger partial charge in [0.25, 0.3) is 11.8 Å². The standard InChI is InChI=1S/C28H30N6O3S/c1-15-11-16(2)13-18(12-15)34(28(37)25-22(29)23(26(30)35)33-38-25)24(27(36)32-17-7-3-4-8-17)20-14-31-21-10-6-5-9-19(20)21/h5-6,9-14,17,24,31H,3-4,7-8,29H2,1-2H3,(H2,30,35)(H,32,36). The Morgan fingerprint density at radius 2 is 1.79 bits per heavy atom. The number of primary amides is 1. The molecule has 0 saturated heterocycles. The summed E-state index contributed by atoms with van der Waals surface area (Å²) in [6, 6.07) is 12.4. The Bertz CT molecular complexity index is 1510. The summed E-state index contributed by atoms with van der Waals surface area (Å²) in [7, 11) is 0. The van der Waals surface area contributed by atoms with E-state index in [0.717, 1.165) is 59.2 Å². The van der Waals surface area contributed by atoms with Crippen molar-refractivity contribution in [1.29, 1.82) is 0 Å². The summed E-state index contributed by atoms with van der Waals surface area (Å²) in [5, 5.41) is 4.02. The number of nitrogen functional groups attached to an aromatic ring is 1. The molecule has 1 aliphatic carbocycles. The predicted molar refractivity (Wildman–Crippen MR) is 149 cm³/mol. The van der Waals surface area contributed by atoms with Crippen molar-refractivity contribution >= 4 is 51.5 Å². The molecule has 1 saturated carbocycles. The van der Waals surface area contributed by atoms with Crippen molar-refractivity contribution in [2.24, 2.45) is 5.73 Å². The molecular formula is C28H30N6O3S. The molecule has 1 atom stereocenters. The molecule has 0 aliphatic heterocycles. The number of rotatable bonds is 7. The molecule has 3 amide bonds. The van der Waals surface area contributed by atoms with E-state index in [1.807, 2.05) is 56.3 Å². The van der Waals surface area contributed by atoms with Gasteiger partial charge in [0.2, 0.25) is 5.91 Å². The molecule has 0 spiro atoms. The largest absolute Gasteiger partial charge is 0.395 e. The molecule has 2 aromatic carbocycles. The molecule has 0 bridgehead atoms. The van der Waals surface area contributed by atoms with Gasteiger partial charge < -0.3 is 21.8 Å². The molecule has 1 aliphatic rings. The first-order valence-electron chi connectivity index (χ1n) is 12.6. The number of nitrogens with two attached hydrogens (primary N) is 2. The molecule has 2 aromatic heterocycles. The summed E-state index contributed by atoms with van der Waals surface area (Å²) in [5.41, 5.74) is 15.3. The van der Waals surface area contributed by atoms with Crippen LogP contribution in [0.3, 0.4) is 0 Å². The number of amides is 3.